The smallest absolute Gasteiger partial charge is 0.258 e. The molecule has 0 bridgehead atoms. The van der Waals surface area contributed by atoms with Crippen molar-refractivity contribution in [3.63, 3.8) is 0 Å². The fraction of sp³-hybridized carbons (Fsp3) is 0.269. The summed E-state index contributed by atoms with van der Waals surface area (Å²) >= 11 is 0. The highest BCUT2D eigenvalue weighted by molar-refractivity contribution is 7.89. The van der Waals surface area contributed by atoms with E-state index in [0.717, 1.165) is 28.8 Å². The first-order chi connectivity index (χ1) is 15.7. The Morgan fingerprint density at radius 3 is 2.45 bits per heavy atom. The highest BCUT2D eigenvalue weighted by Gasteiger charge is 2.32. The van der Waals surface area contributed by atoms with E-state index in [2.05, 4.69) is 4.72 Å². The van der Waals surface area contributed by atoms with Gasteiger partial charge in [-0.25, -0.2) is 13.1 Å². The van der Waals surface area contributed by atoms with Gasteiger partial charge in [0.05, 0.1) is 12.0 Å². The third-order valence-corrected chi connectivity index (χ3v) is 7.57. The summed E-state index contributed by atoms with van der Waals surface area (Å²) < 4.78 is 33.6. The van der Waals surface area contributed by atoms with E-state index in [4.69, 9.17) is 4.74 Å². The number of anilines is 1. The lowest BCUT2D eigenvalue weighted by molar-refractivity contribution is 0.0981. The topological polar surface area (TPSA) is 75.7 Å². The Morgan fingerprint density at radius 2 is 1.79 bits per heavy atom. The molecule has 0 saturated heterocycles. The van der Waals surface area contributed by atoms with E-state index >= 15 is 0 Å². The van der Waals surface area contributed by atoms with E-state index < -0.39 is 10.0 Å². The third kappa shape index (κ3) is 4.65. The van der Waals surface area contributed by atoms with E-state index in [1.807, 2.05) is 38.1 Å². The van der Waals surface area contributed by atoms with E-state index in [1.54, 1.807) is 55.3 Å². The first-order valence-electron chi connectivity index (χ1n) is 10.9. The normalized spacial score (nSPS) is 15.4. The van der Waals surface area contributed by atoms with E-state index in [0.29, 0.717) is 16.9 Å². The second-order valence-corrected chi connectivity index (χ2v) is 10.2. The maximum atomic E-state index is 13.3. The number of fused-ring (bicyclic) bond motifs is 1. The molecule has 33 heavy (non-hydrogen) atoms. The number of nitrogens with zero attached hydrogens (tertiary/aromatic N) is 1. The average molecular weight is 465 g/mol. The predicted octanol–water partition coefficient (Wildman–Crippen LogP) is 4.38. The Balaban J connectivity index is 1.56. The van der Waals surface area contributed by atoms with Crippen molar-refractivity contribution >= 4 is 21.6 Å². The van der Waals surface area contributed by atoms with Crippen molar-refractivity contribution in [1.82, 2.24) is 4.72 Å². The number of sulfonamides is 1. The quantitative estimate of drug-likeness (QED) is 0.587. The van der Waals surface area contributed by atoms with Gasteiger partial charge in [-0.15, -0.1) is 0 Å². The molecule has 3 aromatic carbocycles. The minimum atomic E-state index is -3.65. The number of rotatable bonds is 6. The molecule has 0 radical (unpaired) electrons. The van der Waals surface area contributed by atoms with Crippen LogP contribution in [0.2, 0.25) is 0 Å². The molecule has 0 saturated carbocycles. The molecule has 1 aliphatic rings. The van der Waals surface area contributed by atoms with Crippen LogP contribution in [-0.2, 0) is 23.0 Å². The van der Waals surface area contributed by atoms with Crippen LogP contribution in [0.4, 0.5) is 5.69 Å². The lowest BCUT2D eigenvalue weighted by atomic mass is 10.1. The number of nitrogens with one attached hydrogen (secondary N) is 1. The number of amides is 1. The summed E-state index contributed by atoms with van der Waals surface area (Å²) in [6, 6.07) is 18.1. The molecule has 0 spiro atoms. The summed E-state index contributed by atoms with van der Waals surface area (Å²) in [5.74, 6) is 0.608. The second kappa shape index (κ2) is 9.00. The van der Waals surface area contributed by atoms with Gasteiger partial charge in [-0.05, 0) is 80.3 Å². The van der Waals surface area contributed by atoms with Crippen LogP contribution >= 0.6 is 0 Å². The number of carbonyl (C=O) groups excluding carboxylic acids is 1. The van der Waals surface area contributed by atoms with Gasteiger partial charge in [-0.3, -0.25) is 4.79 Å². The highest BCUT2D eigenvalue weighted by atomic mass is 32.2. The third-order valence-electron chi connectivity index (χ3n) is 6.01. The summed E-state index contributed by atoms with van der Waals surface area (Å²) in [6.07, 6.45) is 0.756. The number of carbonyl (C=O) groups is 1. The molecule has 1 aliphatic heterocycles. The lowest BCUT2D eigenvalue weighted by Gasteiger charge is -2.23. The number of benzene rings is 3. The molecule has 6 nitrogen and oxygen atoms in total. The van der Waals surface area contributed by atoms with Crippen molar-refractivity contribution in [2.24, 2.45) is 0 Å². The van der Waals surface area contributed by atoms with Gasteiger partial charge < -0.3 is 9.64 Å². The van der Waals surface area contributed by atoms with Crippen molar-refractivity contribution in [3.8, 4) is 5.75 Å². The molecule has 0 aromatic heterocycles. The molecule has 0 unspecified atom stereocenters. The summed E-state index contributed by atoms with van der Waals surface area (Å²) in [7, 11) is -2.06. The van der Waals surface area contributed by atoms with Gasteiger partial charge in [0.1, 0.15) is 5.75 Å². The van der Waals surface area contributed by atoms with E-state index in [9.17, 15) is 13.2 Å². The van der Waals surface area contributed by atoms with Gasteiger partial charge in [-0.2, -0.15) is 0 Å². The van der Waals surface area contributed by atoms with Gasteiger partial charge in [-0.1, -0.05) is 29.8 Å². The Morgan fingerprint density at radius 1 is 1.06 bits per heavy atom. The summed E-state index contributed by atoms with van der Waals surface area (Å²) in [5, 5.41) is 0. The largest absolute Gasteiger partial charge is 0.497 e. The zero-order valence-corrected chi connectivity index (χ0v) is 20.1. The van der Waals surface area contributed by atoms with E-state index in [-0.39, 0.29) is 23.4 Å². The molecule has 4 rings (SSSR count). The van der Waals surface area contributed by atoms with Gasteiger partial charge in [0.15, 0.2) is 0 Å². The first kappa shape index (κ1) is 23.0. The molecule has 7 heteroatoms. The first-order valence-corrected chi connectivity index (χ1v) is 12.3. The number of hydrogen-bond donors (Lipinski definition) is 1. The highest BCUT2D eigenvalue weighted by Crippen LogP contribution is 2.34. The number of hydrogen-bond acceptors (Lipinski definition) is 4. The van der Waals surface area contributed by atoms with Gasteiger partial charge in [0.2, 0.25) is 10.0 Å². The lowest BCUT2D eigenvalue weighted by Crippen LogP contribution is -2.35. The minimum absolute atomic E-state index is 0.0109. The van der Waals surface area contributed by atoms with E-state index in [1.165, 1.54) is 0 Å². The summed E-state index contributed by atoms with van der Waals surface area (Å²) in [6.45, 7) is 5.88. The van der Waals surface area contributed by atoms with Crippen LogP contribution in [0.5, 0.6) is 5.75 Å². The standard InChI is InChI=1S/C26H28N2O4S/c1-17-5-12-25(18(2)13-17)33(30,31)27-16-20-6-7-22-14-19(3)28(24(22)15-20)26(29)21-8-10-23(32-4)11-9-21/h5-13,15,19,27H,14,16H2,1-4H3/t19-/m1/s1. The van der Waals surface area contributed by atoms with Crippen LogP contribution in [0.3, 0.4) is 0 Å². The molecular weight excluding hydrogens is 436 g/mol. The van der Waals surface area contributed by atoms with Crippen LogP contribution in [-0.4, -0.2) is 27.5 Å². The zero-order chi connectivity index (χ0) is 23.8. The fourth-order valence-electron chi connectivity index (χ4n) is 4.30. The number of aryl methyl sites for hydroxylation is 2. The molecule has 1 N–H and O–H groups in total. The Labute approximate surface area is 195 Å². The van der Waals surface area contributed by atoms with Gasteiger partial charge >= 0.3 is 0 Å². The van der Waals surface area contributed by atoms with Gasteiger partial charge in [0, 0.05) is 23.8 Å². The van der Waals surface area contributed by atoms with Crippen molar-refractivity contribution < 1.29 is 17.9 Å². The SMILES string of the molecule is COc1ccc(C(=O)N2c3cc(CNS(=O)(=O)c4ccc(C)cc4C)ccc3C[C@H]2C)cc1. The maximum absolute atomic E-state index is 13.3. The van der Waals surface area contributed by atoms with Crippen LogP contribution in [0.1, 0.15) is 39.5 Å². The molecule has 1 heterocycles. The number of ether oxygens (including phenoxy) is 1. The zero-order valence-electron chi connectivity index (χ0n) is 19.3. The Hall–Kier alpha value is -3.16. The van der Waals surface area contributed by atoms with Crippen LogP contribution in [0, 0.1) is 13.8 Å². The molecule has 1 amide bonds. The monoisotopic (exact) mass is 464 g/mol. The van der Waals surface area contributed by atoms with Crippen LogP contribution in [0.25, 0.3) is 0 Å². The predicted molar refractivity (Wildman–Crippen MR) is 129 cm³/mol. The summed E-state index contributed by atoms with van der Waals surface area (Å²) in [4.78, 5) is 15.3. The maximum Gasteiger partial charge on any atom is 0.258 e. The molecule has 0 fully saturated rings. The van der Waals surface area contributed by atoms with Crippen LogP contribution in [0.15, 0.2) is 65.6 Å². The molecule has 3 aromatic rings. The Kier molecular flexibility index (Phi) is 6.28. The molecule has 1 atom stereocenters. The van der Waals surface area contributed by atoms with Crippen molar-refractivity contribution in [3.05, 3.63) is 88.5 Å². The van der Waals surface area contributed by atoms with Gasteiger partial charge in [0.25, 0.3) is 5.91 Å². The average Bonchev–Trinajstić information content (AvgIpc) is 3.12. The summed E-state index contributed by atoms with van der Waals surface area (Å²) in [5.41, 5.74) is 5.00. The molecule has 0 aliphatic carbocycles. The fourth-order valence-corrected chi connectivity index (χ4v) is 5.54. The van der Waals surface area contributed by atoms with Crippen molar-refractivity contribution in [2.45, 2.75) is 44.7 Å². The van der Waals surface area contributed by atoms with Crippen molar-refractivity contribution in [1.29, 1.82) is 0 Å². The van der Waals surface area contributed by atoms with Crippen LogP contribution < -0.4 is 14.4 Å². The Bertz CT molecular complexity index is 1300. The minimum Gasteiger partial charge on any atom is -0.497 e. The number of methoxy groups -OCH3 is 1. The molecular formula is C26H28N2O4S. The second-order valence-electron chi connectivity index (χ2n) is 8.51. The van der Waals surface area contributed by atoms with Crippen molar-refractivity contribution in [2.75, 3.05) is 12.0 Å². The molecule has 172 valence electrons.